The van der Waals surface area contributed by atoms with Crippen LogP contribution in [0.5, 0.6) is 0 Å². The van der Waals surface area contributed by atoms with Gasteiger partial charge in [0.25, 0.3) is 0 Å². The molecule has 27 heavy (non-hydrogen) atoms. The van der Waals surface area contributed by atoms with Gasteiger partial charge in [0, 0.05) is 3.57 Å². The number of carboxylic acids is 2. The standard InChI is InChI=1S/C15H14I3NO8/c1-2-3-27-7(21)5-26-4-6(20)19-13-11(17)8(14(22)23)10(16)9(12(13)18)15(24)25/h2-5H2,1H3,(H,19,20)(H,22,23)(H,24,25). The Morgan fingerprint density at radius 3 is 1.89 bits per heavy atom. The number of carbonyl (C=O) groups excluding carboxylic acids is 2. The molecule has 0 saturated heterocycles. The number of hydrogen-bond acceptors (Lipinski definition) is 6. The van der Waals surface area contributed by atoms with Gasteiger partial charge in [-0.15, -0.1) is 0 Å². The minimum absolute atomic E-state index is 0.0635. The van der Waals surface area contributed by atoms with Gasteiger partial charge in [0.2, 0.25) is 5.91 Å². The zero-order valence-electron chi connectivity index (χ0n) is 13.8. The van der Waals surface area contributed by atoms with E-state index < -0.39 is 37.0 Å². The fourth-order valence-corrected chi connectivity index (χ4v) is 6.17. The lowest BCUT2D eigenvalue weighted by molar-refractivity contribution is -0.149. The molecule has 0 aliphatic rings. The van der Waals surface area contributed by atoms with Crippen LogP contribution in [0.3, 0.4) is 0 Å². The molecule has 0 aliphatic heterocycles. The minimum atomic E-state index is -1.31. The molecular weight excluding hydrogens is 703 g/mol. The Labute approximate surface area is 195 Å². The summed E-state index contributed by atoms with van der Waals surface area (Å²) in [7, 11) is 0. The molecule has 0 aliphatic carbocycles. The van der Waals surface area contributed by atoms with E-state index >= 15 is 0 Å². The topological polar surface area (TPSA) is 139 Å². The summed E-state index contributed by atoms with van der Waals surface area (Å²) in [4.78, 5) is 46.4. The van der Waals surface area contributed by atoms with Gasteiger partial charge < -0.3 is 25.0 Å². The number of halogens is 3. The molecule has 0 spiro atoms. The Morgan fingerprint density at radius 1 is 0.926 bits per heavy atom. The van der Waals surface area contributed by atoms with Crippen molar-refractivity contribution in [1.82, 2.24) is 0 Å². The molecule has 1 aromatic rings. The maximum Gasteiger partial charge on any atom is 0.337 e. The molecule has 148 valence electrons. The number of hydrogen-bond donors (Lipinski definition) is 3. The first-order chi connectivity index (χ1) is 12.6. The SMILES string of the molecule is CCCOC(=O)COCC(=O)Nc1c(I)c(C(=O)O)c(I)c(C(=O)O)c1I. The van der Waals surface area contributed by atoms with Gasteiger partial charge in [-0.2, -0.15) is 0 Å². The average Bonchev–Trinajstić information content (AvgIpc) is 2.56. The fourth-order valence-electron chi connectivity index (χ4n) is 1.81. The third kappa shape index (κ3) is 6.67. The molecule has 0 heterocycles. The Morgan fingerprint density at radius 2 is 1.44 bits per heavy atom. The van der Waals surface area contributed by atoms with Gasteiger partial charge in [-0.3, -0.25) is 4.79 Å². The first-order valence-electron chi connectivity index (χ1n) is 7.32. The quantitative estimate of drug-likeness (QED) is 0.262. The Bertz CT molecular complexity index is 740. The maximum absolute atomic E-state index is 12.1. The van der Waals surface area contributed by atoms with Crippen LogP contribution < -0.4 is 5.32 Å². The summed E-state index contributed by atoms with van der Waals surface area (Å²) in [6, 6.07) is 0. The van der Waals surface area contributed by atoms with E-state index in [4.69, 9.17) is 9.47 Å². The van der Waals surface area contributed by atoms with Gasteiger partial charge in [-0.25, -0.2) is 14.4 Å². The van der Waals surface area contributed by atoms with Gasteiger partial charge in [0.15, 0.2) is 0 Å². The van der Waals surface area contributed by atoms with Crippen LogP contribution in [-0.2, 0) is 19.1 Å². The first-order valence-corrected chi connectivity index (χ1v) is 10.6. The largest absolute Gasteiger partial charge is 0.478 e. The van der Waals surface area contributed by atoms with E-state index in [9.17, 15) is 29.4 Å². The van der Waals surface area contributed by atoms with E-state index in [2.05, 4.69) is 5.32 Å². The van der Waals surface area contributed by atoms with Crippen LogP contribution in [0.2, 0.25) is 0 Å². The van der Waals surface area contributed by atoms with Crippen molar-refractivity contribution in [3.63, 3.8) is 0 Å². The average molecular weight is 717 g/mol. The molecule has 1 aromatic carbocycles. The van der Waals surface area contributed by atoms with E-state index in [1.165, 1.54) is 0 Å². The maximum atomic E-state index is 12.1. The summed E-state index contributed by atoms with van der Waals surface area (Å²) in [6.07, 6.45) is 0.660. The van der Waals surface area contributed by atoms with Crippen molar-refractivity contribution < 1.29 is 38.9 Å². The van der Waals surface area contributed by atoms with Crippen LogP contribution in [0, 0.1) is 10.7 Å². The molecule has 12 heteroatoms. The summed E-state index contributed by atoms with van der Waals surface area (Å²) in [5.74, 6) is -3.89. The predicted octanol–water partition coefficient (Wildman–Crippen LogP) is 2.81. The number of amides is 1. The summed E-state index contributed by atoms with van der Waals surface area (Å²) in [6.45, 7) is 1.20. The van der Waals surface area contributed by atoms with Crippen LogP contribution in [-0.4, -0.2) is 53.8 Å². The second-order valence-electron chi connectivity index (χ2n) is 4.94. The van der Waals surface area contributed by atoms with Gasteiger partial charge in [0.1, 0.15) is 13.2 Å². The summed E-state index contributed by atoms with van der Waals surface area (Å²) >= 11 is 5.12. The van der Waals surface area contributed by atoms with Crippen molar-refractivity contribution in [1.29, 1.82) is 0 Å². The second-order valence-corrected chi connectivity index (χ2v) is 8.17. The second kappa shape index (κ2) is 11.3. The van der Waals surface area contributed by atoms with Crippen LogP contribution in [0.15, 0.2) is 0 Å². The van der Waals surface area contributed by atoms with Crippen molar-refractivity contribution in [2.75, 3.05) is 25.1 Å². The Balaban J connectivity index is 3.00. The molecule has 1 rings (SSSR count). The molecule has 0 fully saturated rings. The number of carbonyl (C=O) groups is 4. The highest BCUT2D eigenvalue weighted by Gasteiger charge is 2.28. The Kier molecular flexibility index (Phi) is 10.2. The number of aromatic carboxylic acids is 2. The zero-order chi connectivity index (χ0) is 20.7. The highest BCUT2D eigenvalue weighted by atomic mass is 127. The first kappa shape index (κ1) is 24.3. The van der Waals surface area contributed by atoms with E-state index in [1.807, 2.05) is 6.92 Å². The lowest BCUT2D eigenvalue weighted by Gasteiger charge is -2.16. The van der Waals surface area contributed by atoms with Crippen molar-refractivity contribution >= 4 is 97.3 Å². The van der Waals surface area contributed by atoms with E-state index in [1.54, 1.807) is 67.8 Å². The molecule has 0 saturated carbocycles. The van der Waals surface area contributed by atoms with Gasteiger partial charge >= 0.3 is 17.9 Å². The molecule has 0 radical (unpaired) electrons. The summed E-state index contributed by atoms with van der Waals surface area (Å²) in [5.41, 5.74) is -0.365. The summed E-state index contributed by atoms with van der Waals surface area (Å²) < 4.78 is 10.2. The molecular formula is C15H14I3NO8. The molecule has 0 aromatic heterocycles. The number of esters is 1. The Hall–Kier alpha value is -0.750. The number of anilines is 1. The van der Waals surface area contributed by atoms with E-state index in [0.717, 1.165) is 0 Å². The van der Waals surface area contributed by atoms with Crippen molar-refractivity contribution in [3.8, 4) is 0 Å². The minimum Gasteiger partial charge on any atom is -0.478 e. The molecule has 9 nitrogen and oxygen atoms in total. The lowest BCUT2D eigenvalue weighted by Crippen LogP contribution is -2.24. The number of ether oxygens (including phenoxy) is 2. The zero-order valence-corrected chi connectivity index (χ0v) is 20.3. The van der Waals surface area contributed by atoms with Gasteiger partial charge in [0.05, 0.1) is 30.6 Å². The normalized spacial score (nSPS) is 10.4. The van der Waals surface area contributed by atoms with Crippen molar-refractivity contribution in [3.05, 3.63) is 21.8 Å². The number of rotatable bonds is 9. The third-order valence-corrected chi connectivity index (χ3v) is 6.17. The van der Waals surface area contributed by atoms with Crippen LogP contribution >= 0.6 is 67.8 Å². The van der Waals surface area contributed by atoms with Crippen LogP contribution in [0.1, 0.15) is 34.1 Å². The monoisotopic (exact) mass is 717 g/mol. The molecule has 0 bridgehead atoms. The van der Waals surface area contributed by atoms with E-state index in [-0.39, 0.29) is 34.1 Å². The van der Waals surface area contributed by atoms with Crippen molar-refractivity contribution in [2.24, 2.45) is 0 Å². The molecule has 3 N–H and O–H groups in total. The van der Waals surface area contributed by atoms with E-state index in [0.29, 0.717) is 6.42 Å². The molecule has 0 atom stereocenters. The van der Waals surface area contributed by atoms with Crippen LogP contribution in [0.25, 0.3) is 0 Å². The number of carboxylic acid groups (broad SMARTS) is 2. The van der Waals surface area contributed by atoms with Crippen LogP contribution in [0.4, 0.5) is 5.69 Å². The highest BCUT2D eigenvalue weighted by molar-refractivity contribution is 14.1. The molecule has 0 unspecified atom stereocenters. The number of nitrogens with one attached hydrogen (secondary N) is 1. The molecule has 1 amide bonds. The third-order valence-electron chi connectivity index (χ3n) is 2.93. The van der Waals surface area contributed by atoms with Gasteiger partial charge in [-0.1, -0.05) is 6.92 Å². The fraction of sp³-hybridized carbons (Fsp3) is 0.333. The lowest BCUT2D eigenvalue weighted by atomic mass is 10.1. The van der Waals surface area contributed by atoms with Crippen molar-refractivity contribution in [2.45, 2.75) is 13.3 Å². The highest BCUT2D eigenvalue weighted by Crippen LogP contribution is 2.35. The predicted molar refractivity (Wildman–Crippen MR) is 119 cm³/mol. The number of benzene rings is 1. The summed E-state index contributed by atoms with van der Waals surface area (Å²) in [5, 5.41) is 21.2. The smallest absolute Gasteiger partial charge is 0.337 e. The van der Waals surface area contributed by atoms with Gasteiger partial charge in [-0.05, 0) is 74.2 Å².